The Morgan fingerprint density at radius 3 is 2.54 bits per heavy atom. The number of anilines is 2. The van der Waals surface area contributed by atoms with Crippen molar-refractivity contribution in [3.8, 4) is 22.3 Å². The summed E-state index contributed by atoms with van der Waals surface area (Å²) in [6, 6.07) is 17.5. The minimum atomic E-state index is -1.89. The van der Waals surface area contributed by atoms with Crippen LogP contribution >= 0.6 is 0 Å². The number of hydrogen-bond donors (Lipinski definition) is 2. The highest BCUT2D eigenvalue weighted by Gasteiger charge is 2.52. The molecule has 2 aromatic carbocycles. The van der Waals surface area contributed by atoms with Gasteiger partial charge in [0.15, 0.2) is 5.67 Å². The summed E-state index contributed by atoms with van der Waals surface area (Å²) in [4.78, 5) is 33.9. The average Bonchev–Trinajstić information content (AvgIpc) is 3.47. The van der Waals surface area contributed by atoms with E-state index in [2.05, 4.69) is 49.9 Å². The van der Waals surface area contributed by atoms with Gasteiger partial charge in [-0.2, -0.15) is 5.10 Å². The maximum absolute atomic E-state index is 14.9. The van der Waals surface area contributed by atoms with Crippen LogP contribution in [0.1, 0.15) is 48.4 Å². The third kappa shape index (κ3) is 5.24. The Labute approximate surface area is 267 Å². The Kier molecular flexibility index (Phi) is 6.93. The summed E-state index contributed by atoms with van der Waals surface area (Å²) in [6.45, 7) is 3.55. The predicted octanol–water partition coefficient (Wildman–Crippen LogP) is 5.09. The Morgan fingerprint density at radius 1 is 1.07 bits per heavy atom. The first-order valence-corrected chi connectivity index (χ1v) is 16.1. The molecular formula is C36H37FN6O3. The molecule has 2 saturated heterocycles. The van der Waals surface area contributed by atoms with Crippen molar-refractivity contribution in [3.63, 3.8) is 0 Å². The highest BCUT2D eigenvalue weighted by atomic mass is 19.1. The maximum atomic E-state index is 14.9. The number of morpholine rings is 1. The molecule has 236 valence electrons. The molecule has 0 radical (unpaired) electrons. The van der Waals surface area contributed by atoms with Crippen LogP contribution in [0.3, 0.4) is 0 Å². The van der Waals surface area contributed by atoms with E-state index >= 15 is 0 Å². The fourth-order valence-corrected chi connectivity index (χ4v) is 7.39. The molecule has 2 aliphatic heterocycles. The SMILES string of the molecule is Cc1nn(C)cc1-c1ccc(NC(=O)C(NC(=O)C2(F)CC2)[C@@H]2CCc3ccc(-c4ccnc(N5C[C@@H]6C[C@H]5CO6)c4)cc32)cc1. The van der Waals surface area contributed by atoms with Crippen LogP contribution in [0.2, 0.25) is 0 Å². The zero-order chi connectivity index (χ0) is 31.6. The van der Waals surface area contributed by atoms with Crippen molar-refractivity contribution in [1.82, 2.24) is 20.1 Å². The number of hydrogen-bond acceptors (Lipinski definition) is 6. The van der Waals surface area contributed by atoms with Crippen molar-refractivity contribution in [2.75, 3.05) is 23.4 Å². The van der Waals surface area contributed by atoms with Gasteiger partial charge in [-0.25, -0.2) is 9.37 Å². The van der Waals surface area contributed by atoms with Crippen molar-refractivity contribution in [1.29, 1.82) is 0 Å². The van der Waals surface area contributed by atoms with E-state index in [1.54, 1.807) is 4.68 Å². The Balaban J connectivity index is 1.06. The molecule has 2 aromatic heterocycles. The number of fused-ring (bicyclic) bond motifs is 3. The number of carbonyl (C=O) groups excluding carboxylic acids is 2. The lowest BCUT2D eigenvalue weighted by Gasteiger charge is -2.28. The average molecular weight is 621 g/mol. The van der Waals surface area contributed by atoms with E-state index < -0.39 is 17.6 Å². The first kappa shape index (κ1) is 28.9. The standard InChI is InChI=1S/C36H37FN6O3/c1-21-31(19-42(2)41-21)23-5-8-26(9-6-23)39-34(44)33(40-35(45)36(37)12-13-36)29-10-7-22-3-4-24(15-30(22)29)25-11-14-38-32(16-25)43-18-28-17-27(43)20-46-28/h3-6,8-9,11,14-16,19,27-29,33H,7,10,12-13,17-18,20H2,1-2H3,(H,39,44)(H,40,45)/t27-,28-,29+,33?/m0/s1. The first-order valence-electron chi connectivity index (χ1n) is 16.1. The number of carbonyl (C=O) groups is 2. The van der Waals surface area contributed by atoms with Gasteiger partial charge < -0.3 is 20.3 Å². The molecule has 4 atom stereocenters. The van der Waals surface area contributed by atoms with Crippen LogP contribution in [-0.2, 0) is 27.8 Å². The normalized spacial score (nSPS) is 22.8. The van der Waals surface area contributed by atoms with Crippen LogP contribution in [0, 0.1) is 6.92 Å². The molecule has 1 unspecified atom stereocenters. The lowest BCUT2D eigenvalue weighted by atomic mass is 9.90. The highest BCUT2D eigenvalue weighted by molar-refractivity contribution is 6.00. The Hall–Kier alpha value is -4.57. The monoisotopic (exact) mass is 620 g/mol. The lowest BCUT2D eigenvalue weighted by Crippen LogP contribution is -2.50. The zero-order valence-electron chi connectivity index (χ0n) is 26.0. The highest BCUT2D eigenvalue weighted by Crippen LogP contribution is 2.42. The molecule has 1 saturated carbocycles. The van der Waals surface area contributed by atoms with Crippen molar-refractivity contribution in [2.24, 2.45) is 7.05 Å². The van der Waals surface area contributed by atoms with Gasteiger partial charge in [-0.15, -0.1) is 0 Å². The number of aromatic nitrogens is 3. The van der Waals surface area contributed by atoms with Gasteiger partial charge in [0, 0.05) is 43.2 Å². The molecular weight excluding hydrogens is 583 g/mol. The van der Waals surface area contributed by atoms with Crippen LogP contribution in [0.15, 0.2) is 67.0 Å². The van der Waals surface area contributed by atoms with Gasteiger partial charge >= 0.3 is 0 Å². The Morgan fingerprint density at radius 2 is 1.85 bits per heavy atom. The number of benzene rings is 2. The van der Waals surface area contributed by atoms with Crippen LogP contribution in [-0.4, -0.2) is 63.6 Å². The minimum absolute atomic E-state index is 0.183. The molecule has 4 aromatic rings. The number of rotatable bonds is 8. The van der Waals surface area contributed by atoms with Gasteiger partial charge in [0.2, 0.25) is 5.91 Å². The van der Waals surface area contributed by atoms with Gasteiger partial charge in [0.05, 0.1) is 24.4 Å². The smallest absolute Gasteiger partial charge is 0.258 e. The largest absolute Gasteiger partial charge is 0.374 e. The summed E-state index contributed by atoms with van der Waals surface area (Å²) in [6.07, 6.45) is 6.93. The number of halogens is 1. The van der Waals surface area contributed by atoms with E-state index in [-0.39, 0.29) is 30.8 Å². The lowest BCUT2D eigenvalue weighted by molar-refractivity contribution is -0.131. The molecule has 46 heavy (non-hydrogen) atoms. The van der Waals surface area contributed by atoms with E-state index in [0.29, 0.717) is 18.2 Å². The molecule has 2 bridgehead atoms. The summed E-state index contributed by atoms with van der Waals surface area (Å²) >= 11 is 0. The third-order valence-corrected chi connectivity index (χ3v) is 10.1. The summed E-state index contributed by atoms with van der Waals surface area (Å²) in [5.41, 5.74) is 5.85. The number of amides is 2. The number of nitrogens with zero attached hydrogens (tertiary/aromatic N) is 4. The van der Waals surface area contributed by atoms with Crippen molar-refractivity contribution in [2.45, 2.75) is 68.8 Å². The van der Waals surface area contributed by atoms with Crippen molar-refractivity contribution >= 4 is 23.3 Å². The minimum Gasteiger partial charge on any atom is -0.374 e. The van der Waals surface area contributed by atoms with Crippen LogP contribution in [0.4, 0.5) is 15.9 Å². The van der Waals surface area contributed by atoms with Gasteiger partial charge in [0.25, 0.3) is 5.91 Å². The molecule has 2 N–H and O–H groups in total. The molecule has 10 heteroatoms. The first-order chi connectivity index (χ1) is 22.2. The maximum Gasteiger partial charge on any atom is 0.258 e. The topological polar surface area (TPSA) is 101 Å². The molecule has 4 heterocycles. The van der Waals surface area contributed by atoms with Gasteiger partial charge in [-0.3, -0.25) is 14.3 Å². The summed E-state index contributed by atoms with van der Waals surface area (Å²) < 4.78 is 22.5. The van der Waals surface area contributed by atoms with E-state index in [1.807, 2.05) is 56.7 Å². The number of pyridine rings is 1. The number of alkyl halides is 1. The van der Waals surface area contributed by atoms with E-state index in [9.17, 15) is 14.0 Å². The summed E-state index contributed by atoms with van der Waals surface area (Å²) in [5, 5.41) is 10.2. The zero-order valence-corrected chi connectivity index (χ0v) is 26.0. The van der Waals surface area contributed by atoms with Crippen LogP contribution in [0.5, 0.6) is 0 Å². The molecule has 8 rings (SSSR count). The van der Waals surface area contributed by atoms with E-state index in [1.165, 1.54) is 0 Å². The third-order valence-electron chi connectivity index (χ3n) is 10.1. The van der Waals surface area contributed by atoms with Gasteiger partial charge in [-0.05, 0) is 91.1 Å². The molecule has 3 fully saturated rings. The quantitative estimate of drug-likeness (QED) is 0.285. The van der Waals surface area contributed by atoms with E-state index in [4.69, 9.17) is 4.74 Å². The second-order valence-electron chi connectivity index (χ2n) is 13.2. The second kappa shape index (κ2) is 11.0. The van der Waals surface area contributed by atoms with Crippen molar-refractivity contribution in [3.05, 3.63) is 83.8 Å². The number of ether oxygens (including phenoxy) is 1. The fraction of sp³-hybridized carbons (Fsp3) is 0.389. The van der Waals surface area contributed by atoms with Crippen LogP contribution in [0.25, 0.3) is 22.3 Å². The van der Waals surface area contributed by atoms with Gasteiger partial charge in [0.1, 0.15) is 11.9 Å². The fourth-order valence-electron chi connectivity index (χ4n) is 7.39. The van der Waals surface area contributed by atoms with Crippen molar-refractivity contribution < 1.29 is 18.7 Å². The predicted molar refractivity (Wildman–Crippen MR) is 173 cm³/mol. The Bertz CT molecular complexity index is 1830. The molecule has 2 amide bonds. The molecule has 0 spiro atoms. The number of aryl methyl sites for hydroxylation is 3. The summed E-state index contributed by atoms with van der Waals surface area (Å²) in [5.74, 6) is -0.422. The van der Waals surface area contributed by atoms with Crippen LogP contribution < -0.4 is 15.5 Å². The van der Waals surface area contributed by atoms with E-state index in [0.717, 1.165) is 70.9 Å². The summed E-state index contributed by atoms with van der Waals surface area (Å²) in [7, 11) is 1.88. The molecule has 4 aliphatic rings. The van der Waals surface area contributed by atoms with Gasteiger partial charge in [-0.1, -0.05) is 30.3 Å². The second-order valence-corrected chi connectivity index (χ2v) is 13.2. The molecule has 2 aliphatic carbocycles. The molecule has 9 nitrogen and oxygen atoms in total. The number of nitrogens with one attached hydrogen (secondary N) is 2.